The summed E-state index contributed by atoms with van der Waals surface area (Å²) in [7, 11) is 0. The summed E-state index contributed by atoms with van der Waals surface area (Å²) in [5.41, 5.74) is 1.73. The van der Waals surface area contributed by atoms with Crippen molar-refractivity contribution in [1.82, 2.24) is 0 Å². The average Bonchev–Trinajstić information content (AvgIpc) is 2.83. The Kier molecular flexibility index (Phi) is 17.7. The molecule has 210 valence electrons. The van der Waals surface area contributed by atoms with Crippen LogP contribution in [-0.4, -0.2) is 0 Å². The minimum Gasteiger partial charge on any atom is -0.285 e. The van der Waals surface area contributed by atoms with Crippen LogP contribution in [0.4, 0.5) is 0 Å². The van der Waals surface area contributed by atoms with Gasteiger partial charge in [-0.05, 0) is 42.9 Å². The molecular formula is C34H62O2. The molecule has 0 heterocycles. The smallest absolute Gasteiger partial charge is 0.229 e. The molecule has 2 nitrogen and oxygen atoms in total. The third kappa shape index (κ3) is 14.1. The molecule has 1 unspecified atom stereocenters. The molecule has 0 aliphatic carbocycles. The molecule has 1 aromatic carbocycles. The highest BCUT2D eigenvalue weighted by atomic mass is 16.2. The molecule has 1 rings (SSSR count). The predicted molar refractivity (Wildman–Crippen MR) is 160 cm³/mol. The lowest BCUT2D eigenvalue weighted by Gasteiger charge is -2.21. The van der Waals surface area contributed by atoms with Gasteiger partial charge in [0.15, 0.2) is 0 Å². The van der Waals surface area contributed by atoms with Crippen molar-refractivity contribution in [2.75, 3.05) is 0 Å². The molecule has 2 heteroatoms. The van der Waals surface area contributed by atoms with E-state index in [0.29, 0.717) is 5.41 Å². The summed E-state index contributed by atoms with van der Waals surface area (Å²) >= 11 is 0. The van der Waals surface area contributed by atoms with E-state index in [-0.39, 0.29) is 16.8 Å². The van der Waals surface area contributed by atoms with Crippen LogP contribution in [0.3, 0.4) is 0 Å². The van der Waals surface area contributed by atoms with Gasteiger partial charge in [0.2, 0.25) is 10.9 Å². The molecule has 0 aliphatic rings. The number of rotatable bonds is 23. The fraction of sp³-hybridized carbons (Fsp3) is 0.882. The first-order valence-electron chi connectivity index (χ1n) is 16.0. The van der Waals surface area contributed by atoms with Gasteiger partial charge in [-0.3, -0.25) is 9.59 Å². The molecule has 0 spiro atoms. The number of unbranched alkanes of at least 4 members (excludes halogenated alkanes) is 11. The third-order valence-corrected chi connectivity index (χ3v) is 8.33. The maximum absolute atomic E-state index is 12.3. The number of hydrogen-bond acceptors (Lipinski definition) is 2. The molecule has 36 heavy (non-hydrogen) atoms. The van der Waals surface area contributed by atoms with Crippen molar-refractivity contribution in [3.05, 3.63) is 31.6 Å². The summed E-state index contributed by atoms with van der Waals surface area (Å²) in [5, 5.41) is 0. The number of hydrogen-bond donors (Lipinski definition) is 0. The van der Waals surface area contributed by atoms with Gasteiger partial charge >= 0.3 is 0 Å². The van der Waals surface area contributed by atoms with Gasteiger partial charge in [0, 0.05) is 11.1 Å². The molecule has 0 bridgehead atoms. The quantitative estimate of drug-likeness (QED) is 0.110. The third-order valence-electron chi connectivity index (χ3n) is 8.33. The Morgan fingerprint density at radius 3 is 1.56 bits per heavy atom. The fourth-order valence-electron chi connectivity index (χ4n) is 5.90. The van der Waals surface area contributed by atoms with Crippen molar-refractivity contribution >= 4 is 0 Å². The lowest BCUT2D eigenvalue weighted by molar-refractivity contribution is 0.354. The average molecular weight is 503 g/mol. The summed E-state index contributed by atoms with van der Waals surface area (Å²) in [6.45, 7) is 13.5. The molecule has 0 aliphatic heterocycles. The standard InChI is InChI=1S/C34H62O2/c1-7-9-11-13-15-17-23-29(24-18-16-14-12-10-8-2)25-19-20-26-30-31(33(36)32(30)35)28(3)22-21-27-34(4,5)6/h28-29H,7-27H2,1-6H3. The van der Waals surface area contributed by atoms with Gasteiger partial charge < -0.3 is 0 Å². The van der Waals surface area contributed by atoms with Crippen LogP contribution in [0.1, 0.15) is 187 Å². The topological polar surface area (TPSA) is 34.1 Å². The van der Waals surface area contributed by atoms with Crippen LogP contribution in [0.2, 0.25) is 0 Å². The van der Waals surface area contributed by atoms with Gasteiger partial charge in [0.05, 0.1) is 0 Å². The summed E-state index contributed by atoms with van der Waals surface area (Å²) in [6.07, 6.45) is 27.1. The van der Waals surface area contributed by atoms with Crippen LogP contribution in [-0.2, 0) is 6.42 Å². The van der Waals surface area contributed by atoms with Crippen molar-refractivity contribution in [2.24, 2.45) is 11.3 Å². The van der Waals surface area contributed by atoms with Gasteiger partial charge in [0.25, 0.3) is 0 Å². The van der Waals surface area contributed by atoms with Crippen LogP contribution >= 0.6 is 0 Å². The summed E-state index contributed by atoms with van der Waals surface area (Å²) in [5.74, 6) is 1.09. The van der Waals surface area contributed by atoms with E-state index in [4.69, 9.17) is 0 Å². The Labute approximate surface area is 225 Å². The van der Waals surface area contributed by atoms with E-state index in [1.54, 1.807) is 0 Å². The minimum absolute atomic E-state index is 0.177. The zero-order chi connectivity index (χ0) is 26.8. The maximum Gasteiger partial charge on any atom is 0.229 e. The fourth-order valence-corrected chi connectivity index (χ4v) is 5.90. The van der Waals surface area contributed by atoms with E-state index in [1.165, 1.54) is 109 Å². The Balaban J connectivity index is 2.46. The highest BCUT2D eigenvalue weighted by molar-refractivity contribution is 5.35. The maximum atomic E-state index is 12.3. The molecule has 0 N–H and O–H groups in total. The molecule has 0 amide bonds. The van der Waals surface area contributed by atoms with E-state index < -0.39 is 0 Å². The van der Waals surface area contributed by atoms with Gasteiger partial charge in [-0.25, -0.2) is 0 Å². The molecule has 0 aromatic heterocycles. The van der Waals surface area contributed by atoms with Crippen molar-refractivity contribution in [3.63, 3.8) is 0 Å². The van der Waals surface area contributed by atoms with E-state index in [9.17, 15) is 9.59 Å². The second kappa shape index (κ2) is 19.2. The Bertz CT molecular complexity index is 715. The van der Waals surface area contributed by atoms with Crippen LogP contribution < -0.4 is 10.9 Å². The summed E-state index contributed by atoms with van der Waals surface area (Å²) in [4.78, 5) is 24.7. The highest BCUT2D eigenvalue weighted by Crippen LogP contribution is 2.28. The zero-order valence-electron chi connectivity index (χ0n) is 25.3. The lowest BCUT2D eigenvalue weighted by Crippen LogP contribution is -2.40. The molecule has 0 fully saturated rings. The van der Waals surface area contributed by atoms with Crippen molar-refractivity contribution in [3.8, 4) is 0 Å². The molecular weight excluding hydrogens is 440 g/mol. The van der Waals surface area contributed by atoms with E-state index in [2.05, 4.69) is 41.5 Å². The van der Waals surface area contributed by atoms with Gasteiger partial charge in [-0.2, -0.15) is 0 Å². The van der Waals surface area contributed by atoms with Gasteiger partial charge in [0.1, 0.15) is 0 Å². The largest absolute Gasteiger partial charge is 0.285 e. The summed E-state index contributed by atoms with van der Waals surface area (Å²) < 4.78 is 0. The summed E-state index contributed by atoms with van der Waals surface area (Å²) in [6, 6.07) is 0. The van der Waals surface area contributed by atoms with Crippen LogP contribution in [0, 0.1) is 11.3 Å². The Hall–Kier alpha value is -0.920. The van der Waals surface area contributed by atoms with Crippen molar-refractivity contribution in [2.45, 2.75) is 182 Å². The molecule has 1 aromatic rings. The van der Waals surface area contributed by atoms with Crippen molar-refractivity contribution < 1.29 is 0 Å². The monoisotopic (exact) mass is 502 g/mol. The van der Waals surface area contributed by atoms with E-state index in [1.807, 2.05) is 0 Å². The van der Waals surface area contributed by atoms with E-state index in [0.717, 1.165) is 42.7 Å². The SMILES string of the molecule is CCCCCCCCC(CCCCCCCC)CCCCc1c(C(C)CCCC(C)(C)C)c(=O)c1=O. The second-order valence-corrected chi connectivity index (χ2v) is 13.1. The second-order valence-electron chi connectivity index (χ2n) is 13.1. The van der Waals surface area contributed by atoms with E-state index >= 15 is 0 Å². The zero-order valence-corrected chi connectivity index (χ0v) is 25.3. The highest BCUT2D eigenvalue weighted by Gasteiger charge is 2.25. The first kappa shape index (κ1) is 33.1. The molecule has 1 atom stereocenters. The first-order valence-corrected chi connectivity index (χ1v) is 16.0. The van der Waals surface area contributed by atoms with Crippen LogP contribution in [0.25, 0.3) is 0 Å². The molecule has 0 saturated heterocycles. The van der Waals surface area contributed by atoms with Crippen molar-refractivity contribution in [1.29, 1.82) is 0 Å². The molecule has 0 radical (unpaired) electrons. The molecule has 0 saturated carbocycles. The normalized spacial score (nSPS) is 13.2. The first-order chi connectivity index (χ1) is 17.2. The van der Waals surface area contributed by atoms with Gasteiger partial charge in [-0.15, -0.1) is 0 Å². The lowest BCUT2D eigenvalue weighted by atomic mass is 9.82. The van der Waals surface area contributed by atoms with Gasteiger partial charge in [-0.1, -0.05) is 151 Å². The minimum atomic E-state index is -0.183. The Morgan fingerprint density at radius 2 is 1.06 bits per heavy atom. The Morgan fingerprint density at radius 1 is 0.583 bits per heavy atom. The predicted octanol–water partition coefficient (Wildman–Crippen LogP) is 10.4. The van der Waals surface area contributed by atoms with Crippen LogP contribution in [0.15, 0.2) is 9.59 Å². The van der Waals surface area contributed by atoms with Crippen LogP contribution in [0.5, 0.6) is 0 Å².